The Labute approximate surface area is 115 Å². The van der Waals surface area contributed by atoms with Gasteiger partial charge in [0, 0.05) is 17.1 Å². The molecular formula is C15H22ClNO. The zero-order valence-electron chi connectivity index (χ0n) is 11.0. The summed E-state index contributed by atoms with van der Waals surface area (Å²) in [6.07, 6.45) is 5.22. The monoisotopic (exact) mass is 267 g/mol. The summed E-state index contributed by atoms with van der Waals surface area (Å²) in [5, 5.41) is 10.5. The van der Waals surface area contributed by atoms with E-state index in [1.807, 2.05) is 6.07 Å². The number of benzene rings is 1. The van der Waals surface area contributed by atoms with E-state index in [0.717, 1.165) is 31.1 Å². The van der Waals surface area contributed by atoms with Crippen molar-refractivity contribution in [3.05, 3.63) is 28.8 Å². The summed E-state index contributed by atoms with van der Waals surface area (Å²) in [6, 6.07) is 5.28. The minimum atomic E-state index is 0.357. The van der Waals surface area contributed by atoms with Crippen LogP contribution < -0.4 is 0 Å². The Balaban J connectivity index is 1.89. The molecule has 1 aromatic rings. The van der Waals surface area contributed by atoms with E-state index in [2.05, 4.69) is 11.8 Å². The van der Waals surface area contributed by atoms with Gasteiger partial charge in [0.1, 0.15) is 5.75 Å². The first-order chi connectivity index (χ1) is 8.69. The largest absolute Gasteiger partial charge is 0.508 e. The summed E-state index contributed by atoms with van der Waals surface area (Å²) in [7, 11) is 0. The van der Waals surface area contributed by atoms with E-state index in [0.29, 0.717) is 10.8 Å². The van der Waals surface area contributed by atoms with E-state index in [-0.39, 0.29) is 0 Å². The van der Waals surface area contributed by atoms with Gasteiger partial charge < -0.3 is 5.11 Å². The molecule has 1 N–H and O–H groups in total. The van der Waals surface area contributed by atoms with E-state index in [9.17, 15) is 5.11 Å². The Hall–Kier alpha value is -0.730. The first kappa shape index (κ1) is 13.7. The molecule has 0 aromatic heterocycles. The zero-order valence-corrected chi connectivity index (χ0v) is 11.8. The SMILES string of the molecule is CCCC1CCN(Cc2cc(Cl)ccc2O)CC1. The van der Waals surface area contributed by atoms with Crippen LogP contribution in [0.25, 0.3) is 0 Å². The molecule has 3 heteroatoms. The Kier molecular flexibility index (Phi) is 4.90. The molecule has 0 radical (unpaired) electrons. The highest BCUT2D eigenvalue weighted by Gasteiger charge is 2.19. The number of nitrogens with zero attached hydrogens (tertiary/aromatic N) is 1. The molecule has 0 amide bonds. The standard InChI is InChI=1S/C15H22ClNO/c1-2-3-12-6-8-17(9-7-12)11-13-10-14(16)4-5-15(13)18/h4-5,10,12,18H,2-3,6-9,11H2,1H3. The number of phenolic OH excluding ortho intramolecular Hbond substituents is 1. The number of piperidine rings is 1. The fourth-order valence-corrected chi connectivity index (χ4v) is 2.96. The molecule has 100 valence electrons. The van der Waals surface area contributed by atoms with Crippen LogP contribution in [-0.2, 0) is 6.54 Å². The maximum atomic E-state index is 9.82. The molecule has 2 rings (SSSR count). The smallest absolute Gasteiger partial charge is 0.120 e. The first-order valence-corrected chi connectivity index (χ1v) is 7.26. The van der Waals surface area contributed by atoms with Crippen LogP contribution in [0.5, 0.6) is 5.75 Å². The third-order valence-electron chi connectivity index (χ3n) is 3.84. The van der Waals surface area contributed by atoms with Crippen molar-refractivity contribution in [1.82, 2.24) is 4.90 Å². The zero-order chi connectivity index (χ0) is 13.0. The number of hydrogen-bond acceptors (Lipinski definition) is 2. The van der Waals surface area contributed by atoms with Crippen LogP contribution in [0.2, 0.25) is 5.02 Å². The van der Waals surface area contributed by atoms with Gasteiger partial charge in [-0.2, -0.15) is 0 Å². The van der Waals surface area contributed by atoms with E-state index in [1.54, 1.807) is 12.1 Å². The van der Waals surface area contributed by atoms with Gasteiger partial charge in [-0.15, -0.1) is 0 Å². The lowest BCUT2D eigenvalue weighted by Crippen LogP contribution is -2.33. The minimum Gasteiger partial charge on any atom is -0.508 e. The van der Waals surface area contributed by atoms with Gasteiger partial charge in [0.15, 0.2) is 0 Å². The van der Waals surface area contributed by atoms with Gasteiger partial charge in [0.05, 0.1) is 0 Å². The fraction of sp³-hybridized carbons (Fsp3) is 0.600. The molecule has 0 unspecified atom stereocenters. The van der Waals surface area contributed by atoms with E-state index < -0.39 is 0 Å². The van der Waals surface area contributed by atoms with E-state index in [4.69, 9.17) is 11.6 Å². The molecule has 0 aliphatic carbocycles. The highest BCUT2D eigenvalue weighted by Crippen LogP contribution is 2.26. The van der Waals surface area contributed by atoms with Gasteiger partial charge in [-0.1, -0.05) is 31.4 Å². The van der Waals surface area contributed by atoms with Crippen molar-refractivity contribution in [2.45, 2.75) is 39.2 Å². The average molecular weight is 268 g/mol. The van der Waals surface area contributed by atoms with Crippen LogP contribution in [0.4, 0.5) is 0 Å². The van der Waals surface area contributed by atoms with Crippen molar-refractivity contribution in [3.8, 4) is 5.75 Å². The number of aromatic hydroxyl groups is 1. The number of rotatable bonds is 4. The number of phenols is 1. The molecule has 1 heterocycles. The van der Waals surface area contributed by atoms with Gasteiger partial charge in [0.2, 0.25) is 0 Å². The van der Waals surface area contributed by atoms with Crippen LogP contribution in [-0.4, -0.2) is 23.1 Å². The van der Waals surface area contributed by atoms with Crippen LogP contribution in [0.3, 0.4) is 0 Å². The number of hydrogen-bond donors (Lipinski definition) is 1. The molecule has 18 heavy (non-hydrogen) atoms. The maximum absolute atomic E-state index is 9.82. The quantitative estimate of drug-likeness (QED) is 0.889. The lowest BCUT2D eigenvalue weighted by atomic mass is 9.92. The lowest BCUT2D eigenvalue weighted by Gasteiger charge is -2.32. The van der Waals surface area contributed by atoms with Crippen molar-refractivity contribution in [2.75, 3.05) is 13.1 Å². The summed E-state index contributed by atoms with van der Waals surface area (Å²) < 4.78 is 0. The summed E-state index contributed by atoms with van der Waals surface area (Å²) >= 11 is 5.97. The molecule has 1 saturated heterocycles. The minimum absolute atomic E-state index is 0.357. The second kappa shape index (κ2) is 6.44. The molecule has 0 atom stereocenters. The average Bonchev–Trinajstić information content (AvgIpc) is 2.37. The van der Waals surface area contributed by atoms with Gasteiger partial charge in [-0.05, 0) is 50.0 Å². The summed E-state index contributed by atoms with van der Waals surface area (Å²) in [5.74, 6) is 1.26. The Bertz CT molecular complexity index is 386. The van der Waals surface area contributed by atoms with Gasteiger partial charge in [-0.3, -0.25) is 4.90 Å². The molecule has 1 aliphatic heterocycles. The maximum Gasteiger partial charge on any atom is 0.120 e. The molecule has 1 fully saturated rings. The van der Waals surface area contributed by atoms with E-state index in [1.165, 1.54) is 25.7 Å². The molecule has 0 bridgehead atoms. The molecule has 0 spiro atoms. The van der Waals surface area contributed by atoms with Crippen molar-refractivity contribution in [1.29, 1.82) is 0 Å². The second-order valence-electron chi connectivity index (χ2n) is 5.28. The van der Waals surface area contributed by atoms with Crippen molar-refractivity contribution in [2.24, 2.45) is 5.92 Å². The van der Waals surface area contributed by atoms with Gasteiger partial charge in [-0.25, -0.2) is 0 Å². The molecular weight excluding hydrogens is 246 g/mol. The normalized spacial score (nSPS) is 18.1. The third-order valence-corrected chi connectivity index (χ3v) is 4.07. The van der Waals surface area contributed by atoms with Crippen molar-refractivity contribution >= 4 is 11.6 Å². The van der Waals surface area contributed by atoms with Crippen LogP contribution in [0, 0.1) is 5.92 Å². The van der Waals surface area contributed by atoms with Gasteiger partial charge in [0.25, 0.3) is 0 Å². The molecule has 1 aromatic carbocycles. The predicted molar refractivity (Wildman–Crippen MR) is 76.0 cm³/mol. The van der Waals surface area contributed by atoms with Crippen molar-refractivity contribution < 1.29 is 5.11 Å². The molecule has 2 nitrogen and oxygen atoms in total. The van der Waals surface area contributed by atoms with E-state index >= 15 is 0 Å². The topological polar surface area (TPSA) is 23.5 Å². The molecule has 0 saturated carbocycles. The second-order valence-corrected chi connectivity index (χ2v) is 5.72. The first-order valence-electron chi connectivity index (χ1n) is 6.88. The summed E-state index contributed by atoms with van der Waals surface area (Å²) in [5.41, 5.74) is 0.941. The van der Waals surface area contributed by atoms with Gasteiger partial charge >= 0.3 is 0 Å². The van der Waals surface area contributed by atoms with Crippen LogP contribution >= 0.6 is 11.6 Å². The number of halogens is 1. The predicted octanol–water partition coefficient (Wildman–Crippen LogP) is 4.06. The van der Waals surface area contributed by atoms with Crippen molar-refractivity contribution in [3.63, 3.8) is 0 Å². The summed E-state index contributed by atoms with van der Waals surface area (Å²) in [6.45, 7) is 5.34. The molecule has 1 aliphatic rings. The number of likely N-dealkylation sites (tertiary alicyclic amines) is 1. The Morgan fingerprint density at radius 1 is 1.33 bits per heavy atom. The Morgan fingerprint density at radius 3 is 2.72 bits per heavy atom. The van der Waals surface area contributed by atoms with Crippen LogP contribution in [0.1, 0.15) is 38.2 Å². The highest BCUT2D eigenvalue weighted by molar-refractivity contribution is 6.30. The highest BCUT2D eigenvalue weighted by atomic mass is 35.5. The Morgan fingerprint density at radius 2 is 2.06 bits per heavy atom. The third kappa shape index (κ3) is 3.63. The fourth-order valence-electron chi connectivity index (χ4n) is 2.76. The summed E-state index contributed by atoms with van der Waals surface area (Å²) in [4.78, 5) is 2.41. The van der Waals surface area contributed by atoms with Crippen LogP contribution in [0.15, 0.2) is 18.2 Å². The lowest BCUT2D eigenvalue weighted by molar-refractivity contribution is 0.170.